The Kier molecular flexibility index (Phi) is 5.18. The van der Waals surface area contributed by atoms with Gasteiger partial charge in [0, 0.05) is 6.04 Å². The van der Waals surface area contributed by atoms with Crippen molar-refractivity contribution < 1.29 is 18.3 Å². The van der Waals surface area contributed by atoms with Crippen molar-refractivity contribution in [2.75, 3.05) is 0 Å². The van der Waals surface area contributed by atoms with E-state index in [1.807, 2.05) is 30.3 Å². The maximum absolute atomic E-state index is 13.4. The first-order chi connectivity index (χ1) is 11.4. The number of benzene rings is 1. The number of nitrogens with zero attached hydrogens (tertiary/aromatic N) is 1. The third kappa shape index (κ3) is 3.60. The molecule has 1 heterocycles. The minimum absolute atomic E-state index is 0.0593. The van der Waals surface area contributed by atoms with Gasteiger partial charge >= 0.3 is 6.18 Å². The van der Waals surface area contributed by atoms with Gasteiger partial charge in [0.1, 0.15) is 6.04 Å². The van der Waals surface area contributed by atoms with E-state index in [4.69, 9.17) is 5.73 Å². The van der Waals surface area contributed by atoms with Crippen LogP contribution in [0.2, 0.25) is 0 Å². The minimum atomic E-state index is -4.29. The van der Waals surface area contributed by atoms with Crippen LogP contribution in [0, 0.1) is 5.92 Å². The molecule has 0 bridgehead atoms. The summed E-state index contributed by atoms with van der Waals surface area (Å²) in [5, 5.41) is 10.4. The van der Waals surface area contributed by atoms with E-state index in [0.717, 1.165) is 24.8 Å². The fourth-order valence-corrected chi connectivity index (χ4v) is 4.38. The normalized spacial score (nSPS) is 30.3. The number of aliphatic hydroxyl groups excluding tert-OH is 1. The number of hydrogen-bond acceptors (Lipinski definition) is 3. The second-order valence-corrected chi connectivity index (χ2v) is 7.08. The van der Waals surface area contributed by atoms with E-state index in [0.29, 0.717) is 12.8 Å². The van der Waals surface area contributed by atoms with Crippen LogP contribution in [-0.4, -0.2) is 40.5 Å². The van der Waals surface area contributed by atoms with Crippen LogP contribution < -0.4 is 5.73 Å². The average molecular weight is 342 g/mol. The van der Waals surface area contributed by atoms with Crippen LogP contribution in [0.3, 0.4) is 0 Å². The second-order valence-electron chi connectivity index (χ2n) is 7.08. The van der Waals surface area contributed by atoms with E-state index in [-0.39, 0.29) is 18.4 Å². The number of fused-ring (bicyclic) bond motifs is 1. The van der Waals surface area contributed by atoms with Gasteiger partial charge in [-0.15, -0.1) is 0 Å². The Morgan fingerprint density at radius 1 is 1.21 bits per heavy atom. The van der Waals surface area contributed by atoms with Crippen LogP contribution in [0.5, 0.6) is 0 Å². The molecular formula is C18H25F3N2O. The molecule has 0 spiro atoms. The highest BCUT2D eigenvalue weighted by Gasteiger charge is 2.56. The highest BCUT2D eigenvalue weighted by Crippen LogP contribution is 2.46. The van der Waals surface area contributed by atoms with Crippen molar-refractivity contribution in [1.82, 2.24) is 4.90 Å². The number of alkyl halides is 3. The van der Waals surface area contributed by atoms with Gasteiger partial charge in [0.2, 0.25) is 0 Å². The Morgan fingerprint density at radius 2 is 1.92 bits per heavy atom. The summed E-state index contributed by atoms with van der Waals surface area (Å²) in [6.45, 7) is 0. The molecule has 1 aliphatic carbocycles. The third-order valence-electron chi connectivity index (χ3n) is 5.58. The summed E-state index contributed by atoms with van der Waals surface area (Å²) in [5.41, 5.74) is 7.16. The van der Waals surface area contributed by atoms with Gasteiger partial charge in [0.05, 0.1) is 12.3 Å². The summed E-state index contributed by atoms with van der Waals surface area (Å²) in [5.74, 6) is 0.0593. The molecule has 2 aliphatic rings. The lowest BCUT2D eigenvalue weighted by Gasteiger charge is -2.38. The monoisotopic (exact) mass is 342 g/mol. The molecule has 1 aliphatic heterocycles. The molecule has 0 aromatic heterocycles. The standard InChI is InChI=1S/C18H25F3N2O/c19-18(20,21)16-11-13-7-4-8-14(13)23(16)17(22)15(24)10-9-12-5-2-1-3-6-12/h1-3,5-6,13-17,24H,4,7-11,22H2/t13-,14-,15?,16-,17?/m0/s1. The Labute approximate surface area is 140 Å². The number of halogens is 3. The highest BCUT2D eigenvalue weighted by molar-refractivity contribution is 5.15. The van der Waals surface area contributed by atoms with Crippen molar-refractivity contribution in [3.63, 3.8) is 0 Å². The summed E-state index contributed by atoms with van der Waals surface area (Å²) < 4.78 is 40.2. The van der Waals surface area contributed by atoms with Gasteiger partial charge in [0.25, 0.3) is 0 Å². The van der Waals surface area contributed by atoms with E-state index >= 15 is 0 Å². The highest BCUT2D eigenvalue weighted by atomic mass is 19.4. The van der Waals surface area contributed by atoms with Gasteiger partial charge < -0.3 is 10.8 Å². The molecule has 2 unspecified atom stereocenters. The van der Waals surface area contributed by atoms with E-state index in [9.17, 15) is 18.3 Å². The molecule has 1 aromatic rings. The molecule has 3 rings (SSSR count). The lowest BCUT2D eigenvalue weighted by atomic mass is 10.0. The molecule has 1 aromatic carbocycles. The first kappa shape index (κ1) is 17.7. The van der Waals surface area contributed by atoms with E-state index in [1.165, 1.54) is 4.90 Å². The maximum atomic E-state index is 13.4. The molecule has 2 fully saturated rings. The summed E-state index contributed by atoms with van der Waals surface area (Å²) in [6.07, 6.45) is -2.60. The fraction of sp³-hybridized carbons (Fsp3) is 0.667. The zero-order chi connectivity index (χ0) is 17.3. The van der Waals surface area contributed by atoms with E-state index < -0.39 is 24.5 Å². The molecule has 1 saturated heterocycles. The zero-order valence-electron chi connectivity index (χ0n) is 13.6. The fourth-order valence-electron chi connectivity index (χ4n) is 4.38. The topological polar surface area (TPSA) is 49.5 Å². The van der Waals surface area contributed by atoms with Crippen molar-refractivity contribution in [2.45, 2.75) is 69.1 Å². The van der Waals surface area contributed by atoms with Crippen molar-refractivity contribution >= 4 is 0 Å². The van der Waals surface area contributed by atoms with Gasteiger partial charge in [-0.1, -0.05) is 36.8 Å². The van der Waals surface area contributed by atoms with Gasteiger partial charge in [0.15, 0.2) is 0 Å². The van der Waals surface area contributed by atoms with Gasteiger partial charge in [-0.2, -0.15) is 13.2 Å². The number of hydrogen-bond donors (Lipinski definition) is 2. The number of rotatable bonds is 5. The number of aliphatic hydroxyl groups is 1. The Morgan fingerprint density at radius 3 is 2.58 bits per heavy atom. The largest absolute Gasteiger partial charge is 0.404 e. The predicted molar refractivity (Wildman–Crippen MR) is 86.2 cm³/mol. The molecule has 0 radical (unpaired) electrons. The molecule has 3 nitrogen and oxygen atoms in total. The van der Waals surface area contributed by atoms with Crippen molar-refractivity contribution in [2.24, 2.45) is 11.7 Å². The third-order valence-corrected chi connectivity index (χ3v) is 5.58. The SMILES string of the molecule is NC(C(O)CCc1ccccc1)N1[C@H](C(F)(F)F)C[C@@H]2CCC[C@@H]21. The zero-order valence-corrected chi connectivity index (χ0v) is 13.6. The minimum Gasteiger partial charge on any atom is -0.390 e. The number of likely N-dealkylation sites (tertiary alicyclic amines) is 1. The van der Waals surface area contributed by atoms with Gasteiger partial charge in [-0.25, -0.2) is 0 Å². The molecule has 0 amide bonds. The molecule has 6 heteroatoms. The molecule has 3 N–H and O–H groups in total. The van der Waals surface area contributed by atoms with Crippen molar-refractivity contribution in [1.29, 1.82) is 0 Å². The molecular weight excluding hydrogens is 317 g/mol. The Hall–Kier alpha value is -1.11. The quantitative estimate of drug-likeness (QED) is 0.865. The lowest BCUT2D eigenvalue weighted by Crippen LogP contribution is -2.58. The Bertz CT molecular complexity index is 537. The summed E-state index contributed by atoms with van der Waals surface area (Å²) in [7, 11) is 0. The first-order valence-electron chi connectivity index (χ1n) is 8.69. The van der Waals surface area contributed by atoms with E-state index in [2.05, 4.69) is 0 Å². The average Bonchev–Trinajstić information content (AvgIpc) is 3.13. The predicted octanol–water partition coefficient (Wildman–Crippen LogP) is 3.07. The summed E-state index contributed by atoms with van der Waals surface area (Å²) in [6, 6.07) is 7.95. The summed E-state index contributed by atoms with van der Waals surface area (Å²) in [4.78, 5) is 1.37. The van der Waals surface area contributed by atoms with Crippen molar-refractivity contribution in [3.05, 3.63) is 35.9 Å². The number of aryl methyl sites for hydroxylation is 1. The maximum Gasteiger partial charge on any atom is 0.404 e. The van der Waals surface area contributed by atoms with Gasteiger partial charge in [-0.3, -0.25) is 4.90 Å². The molecule has 24 heavy (non-hydrogen) atoms. The van der Waals surface area contributed by atoms with Crippen LogP contribution in [0.1, 0.15) is 37.7 Å². The van der Waals surface area contributed by atoms with Crippen LogP contribution in [0.4, 0.5) is 13.2 Å². The molecule has 5 atom stereocenters. The summed E-state index contributed by atoms with van der Waals surface area (Å²) >= 11 is 0. The van der Waals surface area contributed by atoms with Crippen molar-refractivity contribution in [3.8, 4) is 0 Å². The van der Waals surface area contributed by atoms with Crippen LogP contribution >= 0.6 is 0 Å². The molecule has 134 valence electrons. The van der Waals surface area contributed by atoms with Crippen LogP contribution in [0.15, 0.2) is 30.3 Å². The number of nitrogens with two attached hydrogens (primary N) is 1. The van der Waals surface area contributed by atoms with Crippen LogP contribution in [-0.2, 0) is 6.42 Å². The second kappa shape index (κ2) is 7.02. The Balaban J connectivity index is 1.67. The molecule has 1 saturated carbocycles. The van der Waals surface area contributed by atoms with Gasteiger partial charge in [-0.05, 0) is 43.6 Å². The smallest absolute Gasteiger partial charge is 0.390 e. The van der Waals surface area contributed by atoms with E-state index in [1.54, 1.807) is 0 Å². The lowest BCUT2D eigenvalue weighted by molar-refractivity contribution is -0.190. The first-order valence-corrected chi connectivity index (χ1v) is 8.69. The van der Waals surface area contributed by atoms with Crippen LogP contribution in [0.25, 0.3) is 0 Å².